The fourth-order valence-electron chi connectivity index (χ4n) is 2.42. The first-order chi connectivity index (χ1) is 8.88. The lowest BCUT2D eigenvalue weighted by atomic mass is 9.84. The molecule has 0 spiro atoms. The van der Waals surface area contributed by atoms with E-state index in [-0.39, 0.29) is 29.7 Å². The standard InChI is InChI=1S/C15H22FNO2/c1-10(2)13(15(18)19-5)14(17(3)4)11-7-6-8-12(16)9-11/h6-10,13-14H,1-5H3. The minimum Gasteiger partial charge on any atom is -0.469 e. The molecule has 106 valence electrons. The Labute approximate surface area is 114 Å². The summed E-state index contributed by atoms with van der Waals surface area (Å²) in [7, 11) is 5.15. The Morgan fingerprint density at radius 2 is 1.95 bits per heavy atom. The summed E-state index contributed by atoms with van der Waals surface area (Å²) in [4.78, 5) is 13.9. The predicted molar refractivity (Wildman–Crippen MR) is 73.2 cm³/mol. The van der Waals surface area contributed by atoms with Gasteiger partial charge in [0.25, 0.3) is 0 Å². The van der Waals surface area contributed by atoms with Crippen molar-refractivity contribution < 1.29 is 13.9 Å². The molecule has 0 aromatic heterocycles. The van der Waals surface area contributed by atoms with Crippen molar-refractivity contribution in [1.29, 1.82) is 0 Å². The Morgan fingerprint density at radius 3 is 2.37 bits per heavy atom. The van der Waals surface area contributed by atoms with Crippen LogP contribution in [-0.4, -0.2) is 32.1 Å². The third-order valence-electron chi connectivity index (χ3n) is 3.28. The number of halogens is 1. The second-order valence-electron chi connectivity index (χ2n) is 5.26. The topological polar surface area (TPSA) is 29.5 Å². The van der Waals surface area contributed by atoms with Crippen molar-refractivity contribution in [1.82, 2.24) is 4.90 Å². The number of rotatable bonds is 5. The maximum atomic E-state index is 13.4. The number of benzene rings is 1. The Bertz CT molecular complexity index is 432. The first kappa shape index (κ1) is 15.6. The van der Waals surface area contributed by atoms with Gasteiger partial charge in [-0.3, -0.25) is 4.79 Å². The average molecular weight is 267 g/mol. The van der Waals surface area contributed by atoms with Crippen molar-refractivity contribution in [2.45, 2.75) is 19.9 Å². The summed E-state index contributed by atoms with van der Waals surface area (Å²) in [6.07, 6.45) is 0. The van der Waals surface area contributed by atoms with Crippen LogP contribution in [0.15, 0.2) is 24.3 Å². The molecule has 0 radical (unpaired) electrons. The molecule has 0 saturated carbocycles. The van der Waals surface area contributed by atoms with Crippen LogP contribution in [0.3, 0.4) is 0 Å². The lowest BCUT2D eigenvalue weighted by molar-refractivity contribution is -0.149. The maximum absolute atomic E-state index is 13.4. The van der Waals surface area contributed by atoms with Gasteiger partial charge in [0.1, 0.15) is 5.82 Å². The molecule has 2 atom stereocenters. The molecular weight excluding hydrogens is 245 g/mol. The number of nitrogens with zero attached hydrogens (tertiary/aromatic N) is 1. The Balaban J connectivity index is 3.21. The molecule has 0 bridgehead atoms. The predicted octanol–water partition coefficient (Wildman–Crippen LogP) is 2.87. The lowest BCUT2D eigenvalue weighted by Crippen LogP contribution is -2.36. The monoisotopic (exact) mass is 267 g/mol. The first-order valence-electron chi connectivity index (χ1n) is 6.38. The maximum Gasteiger partial charge on any atom is 0.310 e. The number of hydrogen-bond acceptors (Lipinski definition) is 3. The third kappa shape index (κ3) is 3.77. The van der Waals surface area contributed by atoms with Gasteiger partial charge in [-0.15, -0.1) is 0 Å². The Kier molecular flexibility index (Phi) is 5.48. The molecule has 2 unspecified atom stereocenters. The van der Waals surface area contributed by atoms with E-state index in [9.17, 15) is 9.18 Å². The molecule has 0 N–H and O–H groups in total. The van der Waals surface area contributed by atoms with Gasteiger partial charge < -0.3 is 9.64 Å². The van der Waals surface area contributed by atoms with E-state index in [0.717, 1.165) is 5.56 Å². The van der Waals surface area contributed by atoms with E-state index in [0.29, 0.717) is 0 Å². The van der Waals surface area contributed by atoms with Crippen molar-refractivity contribution >= 4 is 5.97 Å². The minimum atomic E-state index is -0.332. The van der Waals surface area contributed by atoms with Crippen molar-refractivity contribution in [3.8, 4) is 0 Å². The third-order valence-corrected chi connectivity index (χ3v) is 3.28. The van der Waals surface area contributed by atoms with Crippen LogP contribution in [0.5, 0.6) is 0 Å². The molecule has 0 amide bonds. The van der Waals surface area contributed by atoms with Crippen LogP contribution in [0.2, 0.25) is 0 Å². The second-order valence-corrected chi connectivity index (χ2v) is 5.26. The Hall–Kier alpha value is -1.42. The molecule has 0 aliphatic rings. The SMILES string of the molecule is COC(=O)C(C(C)C)C(c1cccc(F)c1)N(C)C. The molecule has 19 heavy (non-hydrogen) atoms. The fraction of sp³-hybridized carbons (Fsp3) is 0.533. The fourth-order valence-corrected chi connectivity index (χ4v) is 2.42. The van der Waals surface area contributed by atoms with Gasteiger partial charge in [-0.25, -0.2) is 4.39 Å². The highest BCUT2D eigenvalue weighted by Crippen LogP contribution is 2.33. The van der Waals surface area contributed by atoms with Gasteiger partial charge in [-0.05, 0) is 37.7 Å². The molecule has 0 aliphatic carbocycles. The van der Waals surface area contributed by atoms with E-state index in [1.165, 1.54) is 19.2 Å². The molecule has 0 saturated heterocycles. The van der Waals surface area contributed by atoms with E-state index in [1.54, 1.807) is 6.07 Å². The van der Waals surface area contributed by atoms with Gasteiger partial charge in [0.05, 0.1) is 13.0 Å². The summed E-state index contributed by atoms with van der Waals surface area (Å²) in [6, 6.07) is 6.17. The second kappa shape index (κ2) is 6.66. The van der Waals surface area contributed by atoms with Gasteiger partial charge >= 0.3 is 5.97 Å². The Morgan fingerprint density at radius 1 is 1.32 bits per heavy atom. The van der Waals surface area contributed by atoms with E-state index >= 15 is 0 Å². The minimum absolute atomic E-state index is 0.100. The van der Waals surface area contributed by atoms with E-state index in [4.69, 9.17) is 4.74 Å². The van der Waals surface area contributed by atoms with Crippen molar-refractivity contribution in [3.05, 3.63) is 35.6 Å². The van der Waals surface area contributed by atoms with Crippen LogP contribution in [0.1, 0.15) is 25.5 Å². The van der Waals surface area contributed by atoms with Crippen molar-refractivity contribution in [3.63, 3.8) is 0 Å². The molecule has 0 fully saturated rings. The number of esters is 1. The number of ether oxygens (including phenoxy) is 1. The van der Waals surface area contributed by atoms with E-state index in [1.807, 2.05) is 38.9 Å². The molecule has 4 heteroatoms. The summed E-state index contributed by atoms with van der Waals surface area (Å²) < 4.78 is 18.3. The molecule has 0 heterocycles. The quantitative estimate of drug-likeness (QED) is 0.768. The van der Waals surface area contributed by atoms with Gasteiger partial charge in [-0.2, -0.15) is 0 Å². The van der Waals surface area contributed by atoms with Crippen LogP contribution in [0, 0.1) is 17.7 Å². The number of carbonyl (C=O) groups is 1. The zero-order valence-electron chi connectivity index (χ0n) is 12.2. The van der Waals surface area contributed by atoms with Crippen molar-refractivity contribution in [2.75, 3.05) is 21.2 Å². The first-order valence-corrected chi connectivity index (χ1v) is 6.38. The molecule has 1 aromatic carbocycles. The highest BCUT2D eigenvalue weighted by atomic mass is 19.1. The zero-order chi connectivity index (χ0) is 14.6. The lowest BCUT2D eigenvalue weighted by Gasteiger charge is -2.33. The number of methoxy groups -OCH3 is 1. The smallest absolute Gasteiger partial charge is 0.310 e. The largest absolute Gasteiger partial charge is 0.469 e. The van der Waals surface area contributed by atoms with E-state index in [2.05, 4.69) is 0 Å². The van der Waals surface area contributed by atoms with Crippen LogP contribution in [-0.2, 0) is 9.53 Å². The highest BCUT2D eigenvalue weighted by Gasteiger charge is 2.34. The summed E-state index contributed by atoms with van der Waals surface area (Å²) in [5.74, 6) is -0.792. The van der Waals surface area contributed by atoms with Gasteiger partial charge in [0.15, 0.2) is 0 Å². The van der Waals surface area contributed by atoms with Gasteiger partial charge in [0.2, 0.25) is 0 Å². The highest BCUT2D eigenvalue weighted by molar-refractivity contribution is 5.73. The molecule has 3 nitrogen and oxygen atoms in total. The number of hydrogen-bond donors (Lipinski definition) is 0. The van der Waals surface area contributed by atoms with Crippen molar-refractivity contribution in [2.24, 2.45) is 11.8 Å². The summed E-state index contributed by atoms with van der Waals surface area (Å²) in [5.41, 5.74) is 0.786. The molecule has 0 aliphatic heterocycles. The normalized spacial score (nSPS) is 14.5. The summed E-state index contributed by atoms with van der Waals surface area (Å²) in [5, 5.41) is 0. The van der Waals surface area contributed by atoms with Crippen LogP contribution in [0.4, 0.5) is 4.39 Å². The average Bonchev–Trinajstić information content (AvgIpc) is 2.33. The van der Waals surface area contributed by atoms with Gasteiger partial charge in [0, 0.05) is 6.04 Å². The molecule has 1 rings (SSSR count). The van der Waals surface area contributed by atoms with Crippen LogP contribution >= 0.6 is 0 Å². The van der Waals surface area contributed by atoms with E-state index < -0.39 is 0 Å². The van der Waals surface area contributed by atoms with Gasteiger partial charge in [-0.1, -0.05) is 26.0 Å². The van der Waals surface area contributed by atoms with Crippen LogP contribution < -0.4 is 0 Å². The number of carbonyl (C=O) groups excluding carboxylic acids is 1. The van der Waals surface area contributed by atoms with Crippen LogP contribution in [0.25, 0.3) is 0 Å². The molecular formula is C15H22FNO2. The zero-order valence-corrected chi connectivity index (χ0v) is 12.2. The molecule has 1 aromatic rings. The summed E-state index contributed by atoms with van der Waals surface area (Å²) in [6.45, 7) is 3.94. The summed E-state index contributed by atoms with van der Waals surface area (Å²) >= 11 is 0.